The van der Waals surface area contributed by atoms with Crippen LogP contribution in [0.3, 0.4) is 0 Å². The summed E-state index contributed by atoms with van der Waals surface area (Å²) in [6.45, 7) is 4.32. The Balaban J connectivity index is 3.38. The molecule has 3 nitrogen and oxygen atoms in total. The summed E-state index contributed by atoms with van der Waals surface area (Å²) in [4.78, 5) is 0. The summed E-state index contributed by atoms with van der Waals surface area (Å²) in [6.07, 6.45) is 6.20. The number of unbranched alkanes of at least 4 members (excludes halogenated alkanes) is 3. The van der Waals surface area contributed by atoms with Gasteiger partial charge in [0.05, 0.1) is 19.3 Å². The van der Waals surface area contributed by atoms with Crippen LogP contribution in [0.15, 0.2) is 0 Å². The van der Waals surface area contributed by atoms with Crippen LogP contribution in [0.25, 0.3) is 0 Å². The van der Waals surface area contributed by atoms with Gasteiger partial charge in [-0.05, 0) is 13.3 Å². The van der Waals surface area contributed by atoms with Crippen LogP contribution in [0.4, 0.5) is 0 Å². The van der Waals surface area contributed by atoms with Gasteiger partial charge in [0.1, 0.15) is 0 Å². The lowest BCUT2D eigenvalue weighted by Crippen LogP contribution is -2.41. The fourth-order valence-electron chi connectivity index (χ4n) is 1.53. The van der Waals surface area contributed by atoms with Gasteiger partial charge in [0.2, 0.25) is 0 Å². The summed E-state index contributed by atoms with van der Waals surface area (Å²) in [7, 11) is 0. The Hall–Kier alpha value is -0.120. The fourth-order valence-corrected chi connectivity index (χ4v) is 1.53. The standard InChI is InChI=1S/C11H25NO2/c1-3-4-5-6-7-10(2)12-11(8-13)9-14/h10-14H,3-9H2,1-2H3/t10-/m0/s1. The number of nitrogens with one attached hydrogen (secondary N) is 1. The first kappa shape index (κ1) is 13.9. The number of aliphatic hydroxyl groups excluding tert-OH is 2. The molecule has 0 aromatic rings. The predicted molar refractivity (Wildman–Crippen MR) is 59.3 cm³/mol. The molecule has 0 aliphatic carbocycles. The normalized spacial score (nSPS) is 13.5. The largest absolute Gasteiger partial charge is 0.395 e. The summed E-state index contributed by atoms with van der Waals surface area (Å²) in [6, 6.07) is 0.229. The topological polar surface area (TPSA) is 52.5 Å². The monoisotopic (exact) mass is 203 g/mol. The van der Waals surface area contributed by atoms with Crippen LogP contribution in [0.5, 0.6) is 0 Å². The van der Waals surface area contributed by atoms with E-state index in [1.54, 1.807) is 0 Å². The summed E-state index contributed by atoms with van der Waals surface area (Å²) >= 11 is 0. The summed E-state index contributed by atoms with van der Waals surface area (Å²) in [5.74, 6) is 0. The van der Waals surface area contributed by atoms with E-state index in [-0.39, 0.29) is 19.3 Å². The maximum absolute atomic E-state index is 8.86. The average Bonchev–Trinajstić information content (AvgIpc) is 2.21. The molecule has 0 spiro atoms. The number of aliphatic hydroxyl groups is 2. The van der Waals surface area contributed by atoms with E-state index in [1.807, 2.05) is 0 Å². The van der Waals surface area contributed by atoms with E-state index in [0.29, 0.717) is 6.04 Å². The Bertz CT molecular complexity index is 116. The molecule has 0 radical (unpaired) electrons. The minimum Gasteiger partial charge on any atom is -0.395 e. The van der Waals surface area contributed by atoms with Crippen LogP contribution in [-0.2, 0) is 0 Å². The molecule has 0 aliphatic rings. The smallest absolute Gasteiger partial charge is 0.0607 e. The molecule has 14 heavy (non-hydrogen) atoms. The molecular formula is C11H25NO2. The SMILES string of the molecule is CCCCCC[C@H](C)NC(CO)CO. The first-order valence-electron chi connectivity index (χ1n) is 5.72. The van der Waals surface area contributed by atoms with Gasteiger partial charge < -0.3 is 15.5 Å². The second-order valence-electron chi connectivity index (χ2n) is 3.98. The molecule has 0 rings (SSSR count). The average molecular weight is 203 g/mol. The third kappa shape index (κ3) is 7.30. The van der Waals surface area contributed by atoms with Crippen molar-refractivity contribution < 1.29 is 10.2 Å². The van der Waals surface area contributed by atoms with E-state index >= 15 is 0 Å². The van der Waals surface area contributed by atoms with Crippen molar-refractivity contribution in [2.45, 2.75) is 58.0 Å². The number of hydrogen-bond acceptors (Lipinski definition) is 3. The molecule has 86 valence electrons. The van der Waals surface area contributed by atoms with Crippen molar-refractivity contribution in [1.29, 1.82) is 0 Å². The molecule has 0 amide bonds. The van der Waals surface area contributed by atoms with Crippen LogP contribution in [0.1, 0.15) is 46.0 Å². The third-order valence-electron chi connectivity index (χ3n) is 2.45. The van der Waals surface area contributed by atoms with Crippen molar-refractivity contribution in [3.8, 4) is 0 Å². The highest BCUT2D eigenvalue weighted by molar-refractivity contribution is 4.69. The second-order valence-corrected chi connectivity index (χ2v) is 3.98. The molecule has 0 fully saturated rings. The van der Waals surface area contributed by atoms with Crippen LogP contribution >= 0.6 is 0 Å². The Morgan fingerprint density at radius 1 is 1.07 bits per heavy atom. The molecule has 0 bridgehead atoms. The maximum atomic E-state index is 8.86. The predicted octanol–water partition coefficient (Wildman–Crippen LogP) is 1.29. The van der Waals surface area contributed by atoms with E-state index < -0.39 is 0 Å². The summed E-state index contributed by atoms with van der Waals surface area (Å²) in [5, 5.41) is 20.9. The van der Waals surface area contributed by atoms with Gasteiger partial charge in [-0.3, -0.25) is 0 Å². The summed E-state index contributed by atoms with van der Waals surface area (Å²) in [5.41, 5.74) is 0. The lowest BCUT2D eigenvalue weighted by molar-refractivity contribution is 0.162. The van der Waals surface area contributed by atoms with E-state index in [2.05, 4.69) is 19.2 Å². The number of hydrogen-bond donors (Lipinski definition) is 3. The summed E-state index contributed by atoms with van der Waals surface area (Å²) < 4.78 is 0. The molecule has 0 unspecified atom stereocenters. The highest BCUT2D eigenvalue weighted by Crippen LogP contribution is 2.05. The lowest BCUT2D eigenvalue weighted by Gasteiger charge is -2.19. The molecule has 1 atom stereocenters. The van der Waals surface area contributed by atoms with E-state index in [0.717, 1.165) is 6.42 Å². The van der Waals surface area contributed by atoms with Crippen molar-refractivity contribution >= 4 is 0 Å². The Kier molecular flexibility index (Phi) is 9.35. The van der Waals surface area contributed by atoms with Crippen molar-refractivity contribution in [2.24, 2.45) is 0 Å². The minimum absolute atomic E-state index is 0.00972. The quantitative estimate of drug-likeness (QED) is 0.495. The molecule has 0 aromatic heterocycles. The molecule has 0 aromatic carbocycles. The molecule has 3 heteroatoms. The van der Waals surface area contributed by atoms with Crippen molar-refractivity contribution in [2.75, 3.05) is 13.2 Å². The highest BCUT2D eigenvalue weighted by Gasteiger charge is 2.08. The van der Waals surface area contributed by atoms with Crippen LogP contribution in [-0.4, -0.2) is 35.5 Å². The molecule has 0 aliphatic heterocycles. The van der Waals surface area contributed by atoms with Crippen LogP contribution < -0.4 is 5.32 Å². The van der Waals surface area contributed by atoms with Gasteiger partial charge in [0.15, 0.2) is 0 Å². The van der Waals surface area contributed by atoms with Gasteiger partial charge in [-0.25, -0.2) is 0 Å². The van der Waals surface area contributed by atoms with Crippen LogP contribution in [0.2, 0.25) is 0 Å². The van der Waals surface area contributed by atoms with Crippen LogP contribution in [0, 0.1) is 0 Å². The molecule has 3 N–H and O–H groups in total. The fraction of sp³-hybridized carbons (Fsp3) is 1.00. The second kappa shape index (κ2) is 9.44. The Morgan fingerprint density at radius 3 is 2.21 bits per heavy atom. The van der Waals surface area contributed by atoms with Gasteiger partial charge in [0, 0.05) is 6.04 Å². The Morgan fingerprint density at radius 2 is 1.71 bits per heavy atom. The zero-order valence-corrected chi connectivity index (χ0v) is 9.50. The van der Waals surface area contributed by atoms with E-state index in [9.17, 15) is 0 Å². The van der Waals surface area contributed by atoms with E-state index in [1.165, 1.54) is 25.7 Å². The molecule has 0 saturated heterocycles. The van der Waals surface area contributed by atoms with Gasteiger partial charge in [-0.1, -0.05) is 32.6 Å². The lowest BCUT2D eigenvalue weighted by atomic mass is 10.1. The zero-order chi connectivity index (χ0) is 10.8. The first-order valence-corrected chi connectivity index (χ1v) is 5.72. The van der Waals surface area contributed by atoms with Gasteiger partial charge in [0.25, 0.3) is 0 Å². The first-order chi connectivity index (χ1) is 6.74. The van der Waals surface area contributed by atoms with Crippen molar-refractivity contribution in [1.82, 2.24) is 5.32 Å². The molecule has 0 heterocycles. The number of rotatable bonds is 9. The van der Waals surface area contributed by atoms with Crippen molar-refractivity contribution in [3.63, 3.8) is 0 Å². The van der Waals surface area contributed by atoms with Gasteiger partial charge in [-0.15, -0.1) is 0 Å². The zero-order valence-electron chi connectivity index (χ0n) is 9.50. The minimum atomic E-state index is -0.156. The highest BCUT2D eigenvalue weighted by atomic mass is 16.3. The maximum Gasteiger partial charge on any atom is 0.0607 e. The third-order valence-corrected chi connectivity index (χ3v) is 2.45. The Labute approximate surface area is 87.5 Å². The van der Waals surface area contributed by atoms with Gasteiger partial charge >= 0.3 is 0 Å². The van der Waals surface area contributed by atoms with E-state index in [4.69, 9.17) is 10.2 Å². The van der Waals surface area contributed by atoms with Crippen molar-refractivity contribution in [3.05, 3.63) is 0 Å². The molecular weight excluding hydrogens is 178 g/mol. The molecule has 0 saturated carbocycles. The van der Waals surface area contributed by atoms with Gasteiger partial charge in [-0.2, -0.15) is 0 Å².